The minimum Gasteiger partial charge on any atom is -0.480 e. The van der Waals surface area contributed by atoms with Crippen LogP contribution in [-0.2, 0) is 22.6 Å². The summed E-state index contributed by atoms with van der Waals surface area (Å²) in [7, 11) is 0. The molecule has 1 amide bonds. The highest BCUT2D eigenvalue weighted by Crippen LogP contribution is 2.28. The number of imidazole rings is 1. The number of para-hydroxylation sites is 3. The average Bonchev–Trinajstić information content (AvgIpc) is 3.41. The van der Waals surface area contributed by atoms with Gasteiger partial charge >= 0.3 is 5.97 Å². The van der Waals surface area contributed by atoms with E-state index in [-0.39, 0.29) is 18.7 Å². The lowest BCUT2D eigenvalue weighted by Crippen LogP contribution is -2.42. The number of carboxylic acid groups (broad SMARTS) is 1. The molecule has 0 aliphatic rings. The highest BCUT2D eigenvalue weighted by atomic mass is 16.4. The molecule has 3 heterocycles. The van der Waals surface area contributed by atoms with Crippen molar-refractivity contribution in [1.82, 2.24) is 29.8 Å². The van der Waals surface area contributed by atoms with Crippen LogP contribution in [0.15, 0.2) is 61.1 Å². The van der Waals surface area contributed by atoms with E-state index in [1.54, 1.807) is 6.20 Å². The van der Waals surface area contributed by atoms with E-state index >= 15 is 0 Å². The highest BCUT2D eigenvalue weighted by molar-refractivity contribution is 6.06. The summed E-state index contributed by atoms with van der Waals surface area (Å²) in [5.41, 5.74) is 4.63. The van der Waals surface area contributed by atoms with E-state index < -0.39 is 12.0 Å². The Morgan fingerprint density at radius 1 is 1.06 bits per heavy atom. The number of nitrogens with one attached hydrogen (secondary N) is 2. The fourth-order valence-electron chi connectivity index (χ4n) is 3.91. The monoisotopic (exact) mass is 428 g/mol. The van der Waals surface area contributed by atoms with Gasteiger partial charge in [0.15, 0.2) is 5.65 Å². The second-order valence-electron chi connectivity index (χ2n) is 7.54. The molecular weight excluding hydrogens is 408 g/mol. The fourth-order valence-corrected chi connectivity index (χ4v) is 3.91. The number of nitrogens with zero attached hydrogens (tertiary/aromatic N) is 4. The third-order valence-corrected chi connectivity index (χ3v) is 5.43. The van der Waals surface area contributed by atoms with Crippen LogP contribution in [0.1, 0.15) is 12.1 Å². The predicted molar refractivity (Wildman–Crippen MR) is 119 cm³/mol. The second-order valence-corrected chi connectivity index (χ2v) is 7.54. The van der Waals surface area contributed by atoms with E-state index in [0.717, 1.165) is 27.5 Å². The molecule has 1 unspecified atom stereocenters. The molecule has 0 bridgehead atoms. The maximum Gasteiger partial charge on any atom is 0.326 e. The maximum absolute atomic E-state index is 12.6. The summed E-state index contributed by atoms with van der Waals surface area (Å²) in [6.07, 6.45) is 3.26. The van der Waals surface area contributed by atoms with Gasteiger partial charge in [0.2, 0.25) is 5.91 Å². The number of carboxylic acids is 1. The summed E-state index contributed by atoms with van der Waals surface area (Å²) >= 11 is 0. The molecule has 0 fully saturated rings. The number of benzene rings is 2. The van der Waals surface area contributed by atoms with Gasteiger partial charge in [0, 0.05) is 36.7 Å². The van der Waals surface area contributed by atoms with E-state index in [0.29, 0.717) is 17.9 Å². The third kappa shape index (κ3) is 3.64. The van der Waals surface area contributed by atoms with Crippen LogP contribution < -0.4 is 5.32 Å². The summed E-state index contributed by atoms with van der Waals surface area (Å²) < 4.78 is 1.97. The number of carbonyl (C=O) groups is 2. The number of fused-ring (bicyclic) bond motifs is 4. The Morgan fingerprint density at radius 2 is 1.81 bits per heavy atom. The molecule has 0 saturated heterocycles. The van der Waals surface area contributed by atoms with Crippen molar-refractivity contribution in [3.05, 3.63) is 66.7 Å². The SMILES string of the molecule is O=C(CCn1c2ccccc2c2nc3ccccc3nc21)NC(Cc1cnc[nH]1)C(=O)O. The summed E-state index contributed by atoms with van der Waals surface area (Å²) in [5.74, 6) is -1.45. The number of carbonyl (C=O) groups excluding carboxylic acids is 1. The lowest BCUT2D eigenvalue weighted by Gasteiger charge is -2.14. The van der Waals surface area contributed by atoms with Gasteiger partial charge in [0.1, 0.15) is 11.6 Å². The zero-order valence-electron chi connectivity index (χ0n) is 17.0. The Morgan fingerprint density at radius 3 is 2.56 bits per heavy atom. The quantitative estimate of drug-likeness (QED) is 0.366. The first kappa shape index (κ1) is 19.7. The first-order chi connectivity index (χ1) is 15.6. The molecule has 5 rings (SSSR count). The zero-order valence-corrected chi connectivity index (χ0v) is 17.0. The number of amides is 1. The molecule has 9 nitrogen and oxygen atoms in total. The van der Waals surface area contributed by atoms with Crippen molar-refractivity contribution in [3.8, 4) is 0 Å². The van der Waals surface area contributed by atoms with E-state index in [2.05, 4.69) is 15.3 Å². The number of rotatable bonds is 7. The number of hydrogen-bond acceptors (Lipinski definition) is 5. The topological polar surface area (TPSA) is 126 Å². The number of aromatic nitrogens is 5. The molecule has 160 valence electrons. The van der Waals surface area contributed by atoms with Gasteiger partial charge < -0.3 is 20.0 Å². The smallest absolute Gasteiger partial charge is 0.326 e. The number of H-pyrrole nitrogens is 1. The normalized spacial score (nSPS) is 12.4. The van der Waals surface area contributed by atoms with Crippen molar-refractivity contribution in [1.29, 1.82) is 0 Å². The first-order valence-corrected chi connectivity index (χ1v) is 10.2. The van der Waals surface area contributed by atoms with Gasteiger partial charge in [0.25, 0.3) is 0 Å². The molecule has 3 aromatic heterocycles. The molecule has 32 heavy (non-hydrogen) atoms. The molecular formula is C23H20N6O3. The molecule has 3 N–H and O–H groups in total. The minimum atomic E-state index is -1.10. The van der Waals surface area contributed by atoms with Crippen molar-refractivity contribution in [2.75, 3.05) is 0 Å². The van der Waals surface area contributed by atoms with E-state index in [4.69, 9.17) is 9.97 Å². The highest BCUT2D eigenvalue weighted by Gasteiger charge is 2.21. The lowest BCUT2D eigenvalue weighted by molar-refractivity contribution is -0.141. The van der Waals surface area contributed by atoms with E-state index in [1.807, 2.05) is 53.1 Å². The van der Waals surface area contributed by atoms with Crippen LogP contribution in [0.3, 0.4) is 0 Å². The van der Waals surface area contributed by atoms with Crippen molar-refractivity contribution in [2.24, 2.45) is 0 Å². The van der Waals surface area contributed by atoms with Crippen molar-refractivity contribution in [3.63, 3.8) is 0 Å². The Balaban J connectivity index is 1.42. The Kier molecular flexibility index (Phi) is 4.98. The van der Waals surface area contributed by atoms with Gasteiger partial charge in [-0.15, -0.1) is 0 Å². The number of aromatic amines is 1. The van der Waals surface area contributed by atoms with Crippen LogP contribution >= 0.6 is 0 Å². The van der Waals surface area contributed by atoms with Gasteiger partial charge in [-0.1, -0.05) is 30.3 Å². The summed E-state index contributed by atoms with van der Waals surface area (Å²) in [5, 5.41) is 13.1. The van der Waals surface area contributed by atoms with Crippen molar-refractivity contribution in [2.45, 2.75) is 25.4 Å². The largest absolute Gasteiger partial charge is 0.480 e. The Hall–Kier alpha value is -4.27. The summed E-state index contributed by atoms with van der Waals surface area (Å²) in [6.45, 7) is 0.346. The second kappa shape index (κ2) is 8.10. The minimum absolute atomic E-state index is 0.106. The van der Waals surface area contributed by atoms with Gasteiger partial charge in [0.05, 0.1) is 22.9 Å². The number of hydrogen-bond donors (Lipinski definition) is 3. The molecule has 0 aliphatic heterocycles. The number of aliphatic carboxylic acids is 1. The van der Waals surface area contributed by atoms with E-state index in [9.17, 15) is 14.7 Å². The van der Waals surface area contributed by atoms with Crippen LogP contribution in [0, 0.1) is 0 Å². The van der Waals surface area contributed by atoms with Gasteiger partial charge in [-0.05, 0) is 18.2 Å². The predicted octanol–water partition coefficient (Wildman–Crippen LogP) is 2.66. The van der Waals surface area contributed by atoms with Gasteiger partial charge in [-0.2, -0.15) is 0 Å². The maximum atomic E-state index is 12.6. The zero-order chi connectivity index (χ0) is 22.1. The molecule has 5 aromatic rings. The van der Waals surface area contributed by atoms with Crippen LogP contribution in [0.25, 0.3) is 33.1 Å². The van der Waals surface area contributed by atoms with Gasteiger partial charge in [-0.25, -0.2) is 19.7 Å². The standard InChI is InChI=1S/C23H20N6O3/c30-20(26-18(23(31)32)11-14-12-24-13-25-14)9-10-29-19-8-4-1-5-15(19)21-22(29)28-17-7-3-2-6-16(17)27-21/h1-8,12-13,18H,9-11H2,(H,24,25)(H,26,30)(H,31,32). The van der Waals surface area contributed by atoms with Crippen LogP contribution in [0.5, 0.6) is 0 Å². The molecule has 0 spiro atoms. The summed E-state index contributed by atoms with van der Waals surface area (Å²) in [4.78, 5) is 40.5. The number of aryl methyl sites for hydroxylation is 1. The average molecular weight is 428 g/mol. The van der Waals surface area contributed by atoms with Crippen LogP contribution in [-0.4, -0.2) is 47.5 Å². The fraction of sp³-hybridized carbons (Fsp3) is 0.174. The van der Waals surface area contributed by atoms with Crippen molar-refractivity contribution < 1.29 is 14.7 Å². The molecule has 1 atom stereocenters. The molecule has 0 radical (unpaired) electrons. The summed E-state index contributed by atoms with van der Waals surface area (Å²) in [6, 6.07) is 14.5. The van der Waals surface area contributed by atoms with Crippen LogP contribution in [0.2, 0.25) is 0 Å². The Labute approximate surface area is 182 Å². The lowest BCUT2D eigenvalue weighted by atomic mass is 10.1. The molecule has 0 aliphatic carbocycles. The van der Waals surface area contributed by atoms with Crippen molar-refractivity contribution >= 4 is 45.0 Å². The van der Waals surface area contributed by atoms with E-state index in [1.165, 1.54) is 6.33 Å². The molecule has 2 aromatic carbocycles. The molecule has 0 saturated carbocycles. The van der Waals surface area contributed by atoms with Crippen LogP contribution in [0.4, 0.5) is 0 Å². The van der Waals surface area contributed by atoms with Gasteiger partial charge in [-0.3, -0.25) is 4.79 Å². The molecule has 9 heteroatoms. The first-order valence-electron chi connectivity index (χ1n) is 10.2. The third-order valence-electron chi connectivity index (χ3n) is 5.43. The Bertz CT molecular complexity index is 1440.